The lowest BCUT2D eigenvalue weighted by Gasteiger charge is -2.15. The number of imide groups is 1. The van der Waals surface area contributed by atoms with E-state index in [2.05, 4.69) is 0 Å². The zero-order valence-electron chi connectivity index (χ0n) is 9.57. The SMILES string of the molecule is CC1(C)CON(C(=O)c2ccccc2Cl)C1=O. The normalized spacial score (nSPS) is 18.5. The maximum atomic E-state index is 12.1. The molecule has 4 nitrogen and oxygen atoms in total. The topological polar surface area (TPSA) is 46.6 Å². The van der Waals surface area contributed by atoms with Gasteiger partial charge in [0.2, 0.25) is 0 Å². The molecule has 0 saturated carbocycles. The third-order valence-corrected chi connectivity index (χ3v) is 2.94. The van der Waals surface area contributed by atoms with Crippen molar-refractivity contribution < 1.29 is 14.4 Å². The molecule has 5 heteroatoms. The van der Waals surface area contributed by atoms with E-state index in [1.54, 1.807) is 38.1 Å². The van der Waals surface area contributed by atoms with Crippen LogP contribution in [0.15, 0.2) is 24.3 Å². The number of hydrogen-bond acceptors (Lipinski definition) is 3. The minimum Gasteiger partial charge on any atom is -0.271 e. The fourth-order valence-electron chi connectivity index (χ4n) is 1.52. The van der Waals surface area contributed by atoms with Crippen molar-refractivity contribution in [3.05, 3.63) is 34.9 Å². The average molecular weight is 254 g/mol. The van der Waals surface area contributed by atoms with E-state index in [1.807, 2.05) is 0 Å². The van der Waals surface area contributed by atoms with Gasteiger partial charge in [-0.15, -0.1) is 5.06 Å². The van der Waals surface area contributed by atoms with Gasteiger partial charge in [0.25, 0.3) is 11.8 Å². The standard InChI is InChI=1S/C12H12ClNO3/c1-12(2)7-17-14(11(12)16)10(15)8-5-3-4-6-9(8)13/h3-6H,7H2,1-2H3. The van der Waals surface area contributed by atoms with E-state index in [9.17, 15) is 9.59 Å². The molecule has 1 aliphatic rings. The summed E-state index contributed by atoms with van der Waals surface area (Å²) in [5.41, 5.74) is -0.406. The van der Waals surface area contributed by atoms with Crippen molar-refractivity contribution in [2.75, 3.05) is 6.61 Å². The zero-order chi connectivity index (χ0) is 12.6. The van der Waals surface area contributed by atoms with Gasteiger partial charge in [0.1, 0.15) is 0 Å². The van der Waals surface area contributed by atoms with Crippen LogP contribution in [0.1, 0.15) is 24.2 Å². The monoisotopic (exact) mass is 253 g/mol. The molecular formula is C12H12ClNO3. The highest BCUT2D eigenvalue weighted by Crippen LogP contribution is 2.29. The summed E-state index contributed by atoms with van der Waals surface area (Å²) >= 11 is 5.90. The molecule has 17 heavy (non-hydrogen) atoms. The van der Waals surface area contributed by atoms with Gasteiger partial charge in [-0.25, -0.2) is 0 Å². The van der Waals surface area contributed by atoms with Crippen LogP contribution in [0.25, 0.3) is 0 Å². The van der Waals surface area contributed by atoms with Crippen LogP contribution < -0.4 is 0 Å². The Kier molecular flexibility index (Phi) is 2.93. The second-order valence-corrected chi connectivity index (χ2v) is 4.95. The first-order chi connectivity index (χ1) is 7.93. The predicted molar refractivity (Wildman–Crippen MR) is 62.4 cm³/mol. The molecule has 1 aliphatic heterocycles. The van der Waals surface area contributed by atoms with E-state index in [0.717, 1.165) is 5.06 Å². The van der Waals surface area contributed by atoms with Gasteiger partial charge in [0, 0.05) is 0 Å². The molecule has 0 aliphatic carbocycles. The van der Waals surface area contributed by atoms with E-state index >= 15 is 0 Å². The van der Waals surface area contributed by atoms with Crippen molar-refractivity contribution in [3.63, 3.8) is 0 Å². The van der Waals surface area contributed by atoms with Crippen LogP contribution >= 0.6 is 11.6 Å². The lowest BCUT2D eigenvalue weighted by molar-refractivity contribution is -0.150. The van der Waals surface area contributed by atoms with Gasteiger partial charge in [-0.3, -0.25) is 14.4 Å². The van der Waals surface area contributed by atoms with Gasteiger partial charge in [-0.05, 0) is 26.0 Å². The summed E-state index contributed by atoms with van der Waals surface area (Å²) < 4.78 is 0. The van der Waals surface area contributed by atoms with E-state index in [4.69, 9.17) is 16.4 Å². The van der Waals surface area contributed by atoms with Crippen LogP contribution in [0.3, 0.4) is 0 Å². The van der Waals surface area contributed by atoms with Crippen molar-refractivity contribution in [2.24, 2.45) is 5.41 Å². The van der Waals surface area contributed by atoms with Gasteiger partial charge >= 0.3 is 0 Å². The third kappa shape index (κ3) is 2.06. The number of carbonyl (C=O) groups is 2. The maximum absolute atomic E-state index is 12.1. The zero-order valence-corrected chi connectivity index (χ0v) is 10.3. The highest BCUT2D eigenvalue weighted by atomic mass is 35.5. The van der Waals surface area contributed by atoms with Crippen LogP contribution in [0.5, 0.6) is 0 Å². The first kappa shape index (κ1) is 12.1. The second kappa shape index (κ2) is 4.13. The molecule has 0 spiro atoms. The Balaban J connectivity index is 2.29. The fourth-order valence-corrected chi connectivity index (χ4v) is 1.73. The van der Waals surface area contributed by atoms with Crippen molar-refractivity contribution >= 4 is 23.4 Å². The summed E-state index contributed by atoms with van der Waals surface area (Å²) in [5.74, 6) is -0.867. The van der Waals surface area contributed by atoms with Gasteiger partial charge in [0.05, 0.1) is 22.6 Å². The second-order valence-electron chi connectivity index (χ2n) is 4.54. The van der Waals surface area contributed by atoms with Crippen LogP contribution in [0, 0.1) is 5.41 Å². The van der Waals surface area contributed by atoms with E-state index in [0.29, 0.717) is 5.02 Å². The van der Waals surface area contributed by atoms with Crippen molar-refractivity contribution in [3.8, 4) is 0 Å². The Labute approximate surface area is 104 Å². The van der Waals surface area contributed by atoms with Crippen LogP contribution in [0.4, 0.5) is 0 Å². The number of hydrogen-bond donors (Lipinski definition) is 0. The molecule has 1 aromatic carbocycles. The molecule has 2 amide bonds. The Morgan fingerprint density at radius 1 is 1.41 bits per heavy atom. The molecule has 0 atom stereocenters. The van der Waals surface area contributed by atoms with Crippen LogP contribution in [-0.4, -0.2) is 23.5 Å². The molecule has 90 valence electrons. The minimum absolute atomic E-state index is 0.196. The molecule has 0 bridgehead atoms. The molecule has 1 saturated heterocycles. The Hall–Kier alpha value is -1.39. The predicted octanol–water partition coefficient (Wildman–Crippen LogP) is 2.28. The number of nitrogens with zero attached hydrogens (tertiary/aromatic N) is 1. The molecule has 0 N–H and O–H groups in total. The van der Waals surface area contributed by atoms with Crippen LogP contribution in [-0.2, 0) is 9.63 Å². The smallest absolute Gasteiger partial charge is 0.271 e. The largest absolute Gasteiger partial charge is 0.286 e. The Morgan fingerprint density at radius 3 is 2.59 bits per heavy atom. The first-order valence-corrected chi connectivity index (χ1v) is 5.57. The van der Waals surface area contributed by atoms with Gasteiger partial charge in [-0.1, -0.05) is 23.7 Å². The number of hydroxylamine groups is 2. The Bertz CT molecular complexity index is 484. The molecule has 1 aromatic rings. The van der Waals surface area contributed by atoms with Crippen LogP contribution in [0.2, 0.25) is 5.02 Å². The van der Waals surface area contributed by atoms with Crippen molar-refractivity contribution in [1.29, 1.82) is 0 Å². The maximum Gasteiger partial charge on any atom is 0.286 e. The molecule has 0 radical (unpaired) electrons. The quantitative estimate of drug-likeness (QED) is 0.722. The summed E-state index contributed by atoms with van der Waals surface area (Å²) in [6.45, 7) is 3.66. The summed E-state index contributed by atoms with van der Waals surface area (Å²) in [6.07, 6.45) is 0. The van der Waals surface area contributed by atoms with Crippen molar-refractivity contribution in [2.45, 2.75) is 13.8 Å². The van der Waals surface area contributed by atoms with E-state index in [1.165, 1.54) is 0 Å². The molecular weight excluding hydrogens is 242 g/mol. The van der Waals surface area contributed by atoms with E-state index < -0.39 is 11.3 Å². The lowest BCUT2D eigenvalue weighted by Crippen LogP contribution is -2.35. The fraction of sp³-hybridized carbons (Fsp3) is 0.333. The highest BCUT2D eigenvalue weighted by Gasteiger charge is 2.44. The summed E-state index contributed by atoms with van der Waals surface area (Å²) in [5, 5.41) is 1.10. The van der Waals surface area contributed by atoms with Gasteiger partial charge < -0.3 is 0 Å². The molecule has 0 unspecified atom stereocenters. The van der Waals surface area contributed by atoms with Crippen molar-refractivity contribution in [1.82, 2.24) is 5.06 Å². The number of rotatable bonds is 1. The number of amides is 2. The molecule has 1 heterocycles. The van der Waals surface area contributed by atoms with Gasteiger partial charge in [0.15, 0.2) is 0 Å². The average Bonchev–Trinajstić information content (AvgIpc) is 2.54. The summed E-state index contributed by atoms with van der Waals surface area (Å²) in [7, 11) is 0. The number of carbonyl (C=O) groups excluding carboxylic acids is 2. The molecule has 1 fully saturated rings. The van der Waals surface area contributed by atoms with E-state index in [-0.39, 0.29) is 18.1 Å². The Morgan fingerprint density at radius 2 is 2.06 bits per heavy atom. The summed E-state index contributed by atoms with van der Waals surface area (Å²) in [6, 6.07) is 6.56. The molecule has 0 aromatic heterocycles. The first-order valence-electron chi connectivity index (χ1n) is 5.20. The highest BCUT2D eigenvalue weighted by molar-refractivity contribution is 6.34. The minimum atomic E-state index is -0.670. The summed E-state index contributed by atoms with van der Waals surface area (Å²) in [4.78, 5) is 29.1. The third-order valence-electron chi connectivity index (χ3n) is 2.61. The lowest BCUT2D eigenvalue weighted by atomic mass is 9.95. The van der Waals surface area contributed by atoms with Gasteiger partial charge in [-0.2, -0.15) is 0 Å². The number of benzene rings is 1. The number of halogens is 1. The molecule has 2 rings (SSSR count).